The molecule has 7 heteroatoms. The quantitative estimate of drug-likeness (QED) is 0.723. The van der Waals surface area contributed by atoms with Crippen LogP contribution in [0.4, 0.5) is 0 Å². The SMILES string of the molecule is CCn1c2cc(C)oc2c2cnn(CC(=O)N3CCCCC3C)c(=O)c21. The predicted octanol–water partition coefficient (Wildman–Crippen LogP) is 2.67. The highest BCUT2D eigenvalue weighted by molar-refractivity contribution is 6.04. The molecule has 0 aliphatic carbocycles. The second-order valence-electron chi connectivity index (χ2n) is 7.12. The van der Waals surface area contributed by atoms with Crippen molar-refractivity contribution in [1.29, 1.82) is 0 Å². The van der Waals surface area contributed by atoms with Crippen molar-refractivity contribution in [3.63, 3.8) is 0 Å². The molecule has 0 saturated carbocycles. The smallest absolute Gasteiger partial charge is 0.291 e. The van der Waals surface area contributed by atoms with Crippen LogP contribution in [0.15, 0.2) is 21.5 Å². The molecule has 138 valence electrons. The minimum absolute atomic E-state index is 0.0194. The number of nitrogens with zero attached hydrogens (tertiary/aromatic N) is 4. The summed E-state index contributed by atoms with van der Waals surface area (Å²) in [5.74, 6) is 0.762. The summed E-state index contributed by atoms with van der Waals surface area (Å²) in [4.78, 5) is 27.6. The number of hydrogen-bond acceptors (Lipinski definition) is 4. The van der Waals surface area contributed by atoms with Crippen molar-refractivity contribution in [2.75, 3.05) is 6.54 Å². The van der Waals surface area contributed by atoms with Crippen LogP contribution in [0.5, 0.6) is 0 Å². The molecule has 1 aliphatic heterocycles. The molecule has 1 aliphatic rings. The molecule has 0 bridgehead atoms. The van der Waals surface area contributed by atoms with E-state index in [1.54, 1.807) is 6.20 Å². The van der Waals surface area contributed by atoms with E-state index in [0.29, 0.717) is 23.0 Å². The summed E-state index contributed by atoms with van der Waals surface area (Å²) in [5, 5.41) is 4.96. The summed E-state index contributed by atoms with van der Waals surface area (Å²) in [6.45, 7) is 7.33. The van der Waals surface area contributed by atoms with Gasteiger partial charge < -0.3 is 13.9 Å². The Morgan fingerprint density at radius 1 is 1.38 bits per heavy atom. The lowest BCUT2D eigenvalue weighted by molar-refractivity contribution is -0.135. The molecule has 7 nitrogen and oxygen atoms in total. The molecule has 4 heterocycles. The van der Waals surface area contributed by atoms with Gasteiger partial charge in [0.2, 0.25) is 5.91 Å². The normalized spacial score (nSPS) is 18.1. The van der Waals surface area contributed by atoms with Crippen LogP contribution in [0.3, 0.4) is 0 Å². The van der Waals surface area contributed by atoms with Crippen LogP contribution in [0, 0.1) is 6.92 Å². The number of aromatic nitrogens is 3. The number of rotatable bonds is 3. The van der Waals surface area contributed by atoms with Gasteiger partial charge in [-0.05, 0) is 40.0 Å². The topological polar surface area (TPSA) is 73.3 Å². The Hall–Kier alpha value is -2.57. The van der Waals surface area contributed by atoms with Gasteiger partial charge in [0.15, 0.2) is 5.58 Å². The molecule has 26 heavy (non-hydrogen) atoms. The molecule has 1 saturated heterocycles. The molecule has 3 aromatic rings. The zero-order valence-electron chi connectivity index (χ0n) is 15.5. The molecule has 1 unspecified atom stereocenters. The standard InChI is InChI=1S/C19H24N4O3/c1-4-21-15-9-13(3)26-18(15)14-10-20-23(19(25)17(14)21)11-16(24)22-8-6-5-7-12(22)2/h9-10,12H,4-8,11H2,1-3H3. The second kappa shape index (κ2) is 6.30. The van der Waals surface area contributed by atoms with Crippen LogP contribution in [0.2, 0.25) is 0 Å². The average Bonchev–Trinajstić information content (AvgIpc) is 3.12. The maximum Gasteiger partial charge on any atom is 0.291 e. The van der Waals surface area contributed by atoms with Crippen LogP contribution in [-0.2, 0) is 17.9 Å². The molecular weight excluding hydrogens is 332 g/mol. The van der Waals surface area contributed by atoms with Crippen LogP contribution in [0.25, 0.3) is 22.0 Å². The van der Waals surface area contributed by atoms with E-state index in [1.807, 2.05) is 29.4 Å². The number of carbonyl (C=O) groups is 1. The number of furan rings is 1. The molecule has 0 spiro atoms. The highest BCUT2D eigenvalue weighted by Gasteiger charge is 2.25. The van der Waals surface area contributed by atoms with Crippen molar-refractivity contribution in [2.45, 2.75) is 59.2 Å². The van der Waals surface area contributed by atoms with E-state index in [4.69, 9.17) is 4.42 Å². The zero-order chi connectivity index (χ0) is 18.4. The second-order valence-corrected chi connectivity index (χ2v) is 7.12. The Labute approximate surface area is 151 Å². The number of piperidine rings is 1. The first kappa shape index (κ1) is 16.9. The third kappa shape index (κ3) is 2.53. The number of amides is 1. The van der Waals surface area contributed by atoms with Crippen molar-refractivity contribution in [3.8, 4) is 0 Å². The number of likely N-dealkylation sites (tertiary alicyclic amines) is 1. The van der Waals surface area contributed by atoms with E-state index in [9.17, 15) is 9.59 Å². The third-order valence-corrected chi connectivity index (χ3v) is 5.38. The molecule has 4 rings (SSSR count). The fraction of sp³-hybridized carbons (Fsp3) is 0.526. The minimum atomic E-state index is -0.244. The molecule has 0 N–H and O–H groups in total. The summed E-state index contributed by atoms with van der Waals surface area (Å²) >= 11 is 0. The fourth-order valence-corrected chi connectivity index (χ4v) is 4.05. The highest BCUT2D eigenvalue weighted by atomic mass is 16.3. The van der Waals surface area contributed by atoms with Crippen molar-refractivity contribution < 1.29 is 9.21 Å². The summed E-state index contributed by atoms with van der Waals surface area (Å²) in [7, 11) is 0. The number of aryl methyl sites for hydroxylation is 2. The fourth-order valence-electron chi connectivity index (χ4n) is 4.05. The van der Waals surface area contributed by atoms with Crippen molar-refractivity contribution in [1.82, 2.24) is 19.2 Å². The van der Waals surface area contributed by atoms with Gasteiger partial charge in [-0.25, -0.2) is 4.68 Å². The van der Waals surface area contributed by atoms with E-state index >= 15 is 0 Å². The van der Waals surface area contributed by atoms with Crippen molar-refractivity contribution >= 4 is 27.9 Å². The van der Waals surface area contributed by atoms with E-state index in [1.165, 1.54) is 4.68 Å². The molecule has 1 amide bonds. The van der Waals surface area contributed by atoms with Gasteiger partial charge >= 0.3 is 0 Å². The first-order valence-corrected chi connectivity index (χ1v) is 9.29. The van der Waals surface area contributed by atoms with E-state index in [-0.39, 0.29) is 24.1 Å². The monoisotopic (exact) mass is 356 g/mol. The van der Waals surface area contributed by atoms with E-state index in [2.05, 4.69) is 12.0 Å². The van der Waals surface area contributed by atoms with Gasteiger partial charge in [-0.2, -0.15) is 5.10 Å². The summed E-state index contributed by atoms with van der Waals surface area (Å²) in [6, 6.07) is 2.16. The molecule has 1 fully saturated rings. The zero-order valence-corrected chi connectivity index (χ0v) is 15.5. The van der Waals surface area contributed by atoms with Gasteiger partial charge in [0.1, 0.15) is 17.8 Å². The molecule has 0 radical (unpaired) electrons. The first-order valence-electron chi connectivity index (χ1n) is 9.29. The van der Waals surface area contributed by atoms with Gasteiger partial charge in [0.05, 0.1) is 17.1 Å². The van der Waals surface area contributed by atoms with E-state index in [0.717, 1.165) is 37.1 Å². The van der Waals surface area contributed by atoms with E-state index < -0.39 is 0 Å². The van der Waals surface area contributed by atoms with Gasteiger partial charge in [-0.1, -0.05) is 0 Å². The lowest BCUT2D eigenvalue weighted by atomic mass is 10.0. The molecule has 3 aromatic heterocycles. The lowest BCUT2D eigenvalue weighted by Gasteiger charge is -2.33. The van der Waals surface area contributed by atoms with Gasteiger partial charge in [0.25, 0.3) is 5.56 Å². The Balaban J connectivity index is 1.76. The largest absolute Gasteiger partial charge is 0.459 e. The van der Waals surface area contributed by atoms with Gasteiger partial charge in [-0.15, -0.1) is 0 Å². The minimum Gasteiger partial charge on any atom is -0.459 e. The number of hydrogen-bond donors (Lipinski definition) is 0. The van der Waals surface area contributed by atoms with Crippen LogP contribution in [-0.4, -0.2) is 37.7 Å². The summed E-state index contributed by atoms with van der Waals surface area (Å²) in [5.41, 5.74) is 1.89. The molecule has 0 aromatic carbocycles. The van der Waals surface area contributed by atoms with Crippen molar-refractivity contribution in [2.24, 2.45) is 0 Å². The lowest BCUT2D eigenvalue weighted by Crippen LogP contribution is -2.45. The summed E-state index contributed by atoms with van der Waals surface area (Å²) in [6.07, 6.45) is 4.83. The van der Waals surface area contributed by atoms with Crippen LogP contribution < -0.4 is 5.56 Å². The Bertz CT molecular complexity index is 1040. The molecular formula is C19H24N4O3. The van der Waals surface area contributed by atoms with Crippen LogP contribution >= 0.6 is 0 Å². The highest BCUT2D eigenvalue weighted by Crippen LogP contribution is 2.29. The van der Waals surface area contributed by atoms with Gasteiger partial charge in [-0.3, -0.25) is 9.59 Å². The average molecular weight is 356 g/mol. The first-order chi connectivity index (χ1) is 12.5. The van der Waals surface area contributed by atoms with Crippen LogP contribution in [0.1, 0.15) is 38.9 Å². The Kier molecular flexibility index (Phi) is 4.09. The number of carbonyl (C=O) groups excluding carboxylic acids is 1. The summed E-state index contributed by atoms with van der Waals surface area (Å²) < 4.78 is 8.99. The molecule has 1 atom stereocenters. The maximum atomic E-state index is 13.0. The van der Waals surface area contributed by atoms with Gasteiger partial charge in [0, 0.05) is 25.2 Å². The Morgan fingerprint density at radius 2 is 2.19 bits per heavy atom. The number of fused-ring (bicyclic) bond motifs is 3. The maximum absolute atomic E-state index is 13.0. The predicted molar refractivity (Wildman–Crippen MR) is 99.2 cm³/mol. The van der Waals surface area contributed by atoms with Crippen molar-refractivity contribution in [3.05, 3.63) is 28.4 Å². The Morgan fingerprint density at radius 3 is 2.92 bits per heavy atom. The third-order valence-electron chi connectivity index (χ3n) is 5.38.